The highest BCUT2D eigenvalue weighted by Crippen LogP contribution is 2.45. The number of aryl methyl sites for hydroxylation is 1. The van der Waals surface area contributed by atoms with E-state index in [0.29, 0.717) is 18.4 Å². The fourth-order valence-corrected chi connectivity index (χ4v) is 7.64. The van der Waals surface area contributed by atoms with Crippen LogP contribution in [0.1, 0.15) is 41.1 Å². The highest BCUT2D eigenvalue weighted by atomic mass is 79.9. The molecule has 2 aliphatic heterocycles. The number of carbonyl (C=O) groups excluding carboxylic acids is 1. The number of likely N-dealkylation sites (tertiary alicyclic amines) is 1. The van der Waals surface area contributed by atoms with Crippen molar-refractivity contribution < 1.29 is 4.79 Å². The maximum atomic E-state index is 13.0. The van der Waals surface area contributed by atoms with Gasteiger partial charge in [-0.1, -0.05) is 17.7 Å². The number of carbonyl (C=O) groups is 1. The molecular formula is C25H28Br2ClN3OS. The number of amides is 1. The van der Waals surface area contributed by atoms with Crippen molar-refractivity contribution in [2.45, 2.75) is 31.6 Å². The standard InChI is InChI=1S/C25H28Br2ClN3OS/c26-18-13-17-1-2-20-19(3-4-21(28)24(20)27)23(25(17)29-14-18)16-5-7-31(8-6-16)22(32)15-30-9-11-33-12-10-30/h3-4,13-14,16,23H,1-2,5-12,15H2. The van der Waals surface area contributed by atoms with E-state index in [4.69, 9.17) is 16.6 Å². The van der Waals surface area contributed by atoms with Crippen LogP contribution in [0, 0.1) is 5.92 Å². The quantitative estimate of drug-likeness (QED) is 0.440. The molecule has 0 bridgehead atoms. The lowest BCUT2D eigenvalue weighted by molar-refractivity contribution is -0.133. The molecule has 8 heteroatoms. The molecule has 1 aliphatic carbocycles. The van der Waals surface area contributed by atoms with E-state index < -0.39 is 0 Å². The fourth-order valence-electron chi connectivity index (χ4n) is 5.54. The summed E-state index contributed by atoms with van der Waals surface area (Å²) < 4.78 is 2.05. The van der Waals surface area contributed by atoms with Gasteiger partial charge in [-0.25, -0.2) is 0 Å². The molecule has 0 saturated carbocycles. The highest BCUT2D eigenvalue weighted by Gasteiger charge is 2.36. The Morgan fingerprint density at radius 2 is 1.88 bits per heavy atom. The summed E-state index contributed by atoms with van der Waals surface area (Å²) in [4.78, 5) is 22.3. The Hall–Kier alpha value is -0.600. The second kappa shape index (κ2) is 10.6. The van der Waals surface area contributed by atoms with E-state index >= 15 is 0 Å². The van der Waals surface area contributed by atoms with Crippen molar-refractivity contribution in [2.24, 2.45) is 5.92 Å². The summed E-state index contributed by atoms with van der Waals surface area (Å²) in [5, 5.41) is 0.768. The van der Waals surface area contributed by atoms with E-state index in [1.54, 1.807) is 0 Å². The molecule has 3 heterocycles. The molecule has 2 aromatic rings. The second-order valence-electron chi connectivity index (χ2n) is 9.21. The van der Waals surface area contributed by atoms with Gasteiger partial charge < -0.3 is 4.90 Å². The van der Waals surface area contributed by atoms with Crippen LogP contribution in [-0.4, -0.2) is 64.9 Å². The van der Waals surface area contributed by atoms with Crippen LogP contribution in [0.3, 0.4) is 0 Å². The molecular weight excluding hydrogens is 586 g/mol. The van der Waals surface area contributed by atoms with Crippen LogP contribution < -0.4 is 0 Å². The van der Waals surface area contributed by atoms with Gasteiger partial charge in [-0.05, 0) is 92.3 Å². The number of aromatic nitrogens is 1. The Morgan fingerprint density at radius 3 is 2.64 bits per heavy atom. The molecule has 1 amide bonds. The van der Waals surface area contributed by atoms with Gasteiger partial charge in [0.05, 0.1) is 17.3 Å². The highest BCUT2D eigenvalue weighted by molar-refractivity contribution is 9.10. The van der Waals surface area contributed by atoms with Gasteiger partial charge in [-0.15, -0.1) is 0 Å². The first kappa shape index (κ1) is 24.1. The topological polar surface area (TPSA) is 36.4 Å². The molecule has 33 heavy (non-hydrogen) atoms. The SMILES string of the molecule is O=C(CN1CCSCC1)N1CCC(C2c3ccc(Cl)c(Br)c3CCc3cc(Br)cnc32)CC1. The molecule has 176 valence electrons. The maximum Gasteiger partial charge on any atom is 0.236 e. The van der Waals surface area contributed by atoms with Crippen molar-refractivity contribution in [3.05, 3.63) is 60.7 Å². The van der Waals surface area contributed by atoms with Crippen molar-refractivity contribution in [1.82, 2.24) is 14.8 Å². The molecule has 5 rings (SSSR count). The Balaban J connectivity index is 1.38. The van der Waals surface area contributed by atoms with Crippen molar-refractivity contribution in [3.63, 3.8) is 0 Å². The Kier molecular flexibility index (Phi) is 7.72. The number of fused-ring (bicyclic) bond motifs is 2. The Bertz CT molecular complexity index is 1040. The van der Waals surface area contributed by atoms with E-state index in [0.717, 1.165) is 77.3 Å². The van der Waals surface area contributed by atoms with E-state index in [-0.39, 0.29) is 5.92 Å². The predicted molar refractivity (Wildman–Crippen MR) is 143 cm³/mol. The molecule has 1 unspecified atom stereocenters. The first-order chi connectivity index (χ1) is 16.0. The summed E-state index contributed by atoms with van der Waals surface area (Å²) in [6.45, 7) is 4.29. The summed E-state index contributed by atoms with van der Waals surface area (Å²) >= 11 is 15.8. The van der Waals surface area contributed by atoms with E-state index in [2.05, 4.69) is 53.8 Å². The monoisotopic (exact) mass is 611 g/mol. The first-order valence-electron chi connectivity index (χ1n) is 11.7. The summed E-state index contributed by atoms with van der Waals surface area (Å²) in [5.74, 6) is 3.25. The van der Waals surface area contributed by atoms with Crippen LogP contribution in [0.2, 0.25) is 5.02 Å². The number of piperidine rings is 1. The van der Waals surface area contributed by atoms with Crippen molar-refractivity contribution in [1.29, 1.82) is 0 Å². The third-order valence-corrected chi connectivity index (χ3v) is 10.1. The molecule has 0 spiro atoms. The van der Waals surface area contributed by atoms with Gasteiger partial charge in [0.1, 0.15) is 0 Å². The average Bonchev–Trinajstić information content (AvgIpc) is 2.99. The van der Waals surface area contributed by atoms with Crippen LogP contribution in [0.5, 0.6) is 0 Å². The number of pyridine rings is 1. The lowest BCUT2D eigenvalue weighted by Gasteiger charge is -2.38. The van der Waals surface area contributed by atoms with Crippen LogP contribution >= 0.6 is 55.2 Å². The van der Waals surface area contributed by atoms with Crippen LogP contribution in [-0.2, 0) is 17.6 Å². The minimum atomic E-state index is 0.232. The number of thioether (sulfide) groups is 1. The molecule has 1 atom stereocenters. The third kappa shape index (κ3) is 5.18. The van der Waals surface area contributed by atoms with Gasteiger partial charge in [-0.2, -0.15) is 11.8 Å². The zero-order valence-corrected chi connectivity index (χ0v) is 23.3. The van der Waals surface area contributed by atoms with Gasteiger partial charge in [-0.3, -0.25) is 14.7 Å². The predicted octanol–water partition coefficient (Wildman–Crippen LogP) is 5.78. The van der Waals surface area contributed by atoms with E-state index in [9.17, 15) is 4.79 Å². The van der Waals surface area contributed by atoms with E-state index in [1.807, 2.05) is 24.0 Å². The van der Waals surface area contributed by atoms with Gasteiger partial charge in [0.15, 0.2) is 0 Å². The average molecular weight is 614 g/mol. The Labute approximate surface area is 222 Å². The Morgan fingerprint density at radius 1 is 1.12 bits per heavy atom. The normalized spacial score (nSPS) is 21.9. The van der Waals surface area contributed by atoms with Crippen molar-refractivity contribution in [3.8, 4) is 0 Å². The lowest BCUT2D eigenvalue weighted by atomic mass is 9.76. The molecule has 0 radical (unpaired) electrons. The van der Waals surface area contributed by atoms with Crippen LogP contribution in [0.4, 0.5) is 0 Å². The molecule has 2 saturated heterocycles. The molecule has 2 fully saturated rings. The zero-order chi connectivity index (χ0) is 22.9. The molecule has 3 aliphatic rings. The molecule has 1 aromatic heterocycles. The minimum absolute atomic E-state index is 0.232. The van der Waals surface area contributed by atoms with Gasteiger partial charge in [0, 0.05) is 58.7 Å². The van der Waals surface area contributed by atoms with Crippen molar-refractivity contribution >= 4 is 61.1 Å². The number of benzene rings is 1. The second-order valence-corrected chi connectivity index (χ2v) is 12.6. The largest absolute Gasteiger partial charge is 0.342 e. The summed E-state index contributed by atoms with van der Waals surface area (Å²) in [7, 11) is 0. The number of rotatable bonds is 3. The molecule has 0 N–H and O–H groups in total. The third-order valence-electron chi connectivity index (χ3n) is 7.30. The van der Waals surface area contributed by atoms with Gasteiger partial charge >= 0.3 is 0 Å². The van der Waals surface area contributed by atoms with Crippen LogP contribution in [0.25, 0.3) is 0 Å². The van der Waals surface area contributed by atoms with Gasteiger partial charge in [0.2, 0.25) is 5.91 Å². The first-order valence-corrected chi connectivity index (χ1v) is 14.8. The summed E-state index contributed by atoms with van der Waals surface area (Å²) in [6, 6.07) is 6.45. The lowest BCUT2D eigenvalue weighted by Crippen LogP contribution is -2.46. The smallest absolute Gasteiger partial charge is 0.236 e. The number of hydrogen-bond donors (Lipinski definition) is 0. The summed E-state index contributed by atoms with van der Waals surface area (Å²) in [6.07, 6.45) is 5.84. The molecule has 4 nitrogen and oxygen atoms in total. The summed E-state index contributed by atoms with van der Waals surface area (Å²) in [5.41, 5.74) is 5.16. The minimum Gasteiger partial charge on any atom is -0.342 e. The maximum absolute atomic E-state index is 13.0. The number of halogens is 3. The fraction of sp³-hybridized carbons (Fsp3) is 0.520. The number of nitrogens with zero attached hydrogens (tertiary/aromatic N) is 3. The zero-order valence-electron chi connectivity index (χ0n) is 18.5. The van der Waals surface area contributed by atoms with Crippen molar-refractivity contribution in [2.75, 3.05) is 44.2 Å². The van der Waals surface area contributed by atoms with Crippen LogP contribution in [0.15, 0.2) is 33.3 Å². The molecule has 1 aromatic carbocycles. The van der Waals surface area contributed by atoms with E-state index in [1.165, 1.54) is 22.4 Å². The number of hydrogen-bond acceptors (Lipinski definition) is 4. The van der Waals surface area contributed by atoms with Gasteiger partial charge in [0.25, 0.3) is 0 Å².